The molecule has 5 amide bonds. The second-order valence-corrected chi connectivity index (χ2v) is 16.0. The number of hydrogen-bond donors (Lipinski definition) is 4. The van der Waals surface area contributed by atoms with Gasteiger partial charge in [0.2, 0.25) is 23.6 Å². The molecule has 0 bridgehead atoms. The third-order valence-corrected chi connectivity index (χ3v) is 11.4. The second-order valence-electron chi connectivity index (χ2n) is 16.0. The number of unbranched alkanes of at least 4 members (excludes halogenated alkanes) is 3. The van der Waals surface area contributed by atoms with Crippen molar-refractivity contribution < 1.29 is 46.6 Å². The van der Waals surface area contributed by atoms with Crippen molar-refractivity contribution in [3.05, 3.63) is 76.6 Å². The van der Waals surface area contributed by atoms with E-state index in [1.165, 1.54) is 18.1 Å². The molecule has 4 heterocycles. The molecule has 0 aliphatic carbocycles. The molecule has 0 spiro atoms. The molecule has 3 aromatic carbocycles. The molecule has 18 heteroatoms. The summed E-state index contributed by atoms with van der Waals surface area (Å²) in [5.74, 6) is 0.227. The topological polar surface area (TPSA) is 198 Å². The van der Waals surface area contributed by atoms with Crippen LogP contribution < -0.4 is 31.2 Å². The van der Waals surface area contributed by atoms with Gasteiger partial charge in [-0.25, -0.2) is 9.97 Å². The standard InChI is InChI=1S/C44H49F3N8O7/c1-24(27-17-28(44(45,46)47)19-29(48)18-27)49-41-31-20-36(35(61-3)21-33(31)50-25(2)51-41)62-30-15-16-54(23-30)39(58)12-7-5-4-6-11-37(56)52-32-10-8-9-26-22-55(43(60)40(26)32)34-13-14-38(57)53-42(34)59/h8-10,17-21,24,30,34H,4-7,11-16,22-23,48H2,1-3H3,(H,52,56)(H,49,50,51)(H,53,57,59)/t24-,30+,34?/m1/s1. The molecule has 2 saturated heterocycles. The first kappa shape index (κ1) is 43.6. The minimum absolute atomic E-state index is 0.00727. The number of aromatic nitrogens is 2. The van der Waals surface area contributed by atoms with E-state index in [1.54, 1.807) is 49.1 Å². The zero-order chi connectivity index (χ0) is 44.3. The predicted molar refractivity (Wildman–Crippen MR) is 223 cm³/mol. The number of ether oxygens (including phenoxy) is 2. The number of carbonyl (C=O) groups excluding carboxylic acids is 5. The summed E-state index contributed by atoms with van der Waals surface area (Å²) in [6.07, 6.45) is -0.562. The number of amides is 5. The normalized spacial score (nSPS) is 18.1. The van der Waals surface area contributed by atoms with Crippen molar-refractivity contribution >= 4 is 57.6 Å². The number of methoxy groups -OCH3 is 1. The van der Waals surface area contributed by atoms with Crippen LogP contribution in [0.3, 0.4) is 0 Å². The number of alkyl halides is 3. The monoisotopic (exact) mass is 858 g/mol. The molecule has 0 radical (unpaired) electrons. The smallest absolute Gasteiger partial charge is 0.416 e. The summed E-state index contributed by atoms with van der Waals surface area (Å²) in [4.78, 5) is 75.7. The maximum atomic E-state index is 13.5. The molecule has 3 atom stereocenters. The largest absolute Gasteiger partial charge is 0.493 e. The van der Waals surface area contributed by atoms with Crippen molar-refractivity contribution in [2.45, 2.75) is 103 Å². The third kappa shape index (κ3) is 9.84. The average Bonchev–Trinajstić information content (AvgIpc) is 3.83. The Kier molecular flexibility index (Phi) is 12.8. The minimum atomic E-state index is -4.56. The van der Waals surface area contributed by atoms with Gasteiger partial charge < -0.3 is 35.6 Å². The van der Waals surface area contributed by atoms with Crippen molar-refractivity contribution in [3.8, 4) is 11.5 Å². The lowest BCUT2D eigenvalue weighted by Gasteiger charge is -2.29. The van der Waals surface area contributed by atoms with Crippen molar-refractivity contribution in [1.29, 1.82) is 0 Å². The molecule has 1 aromatic heterocycles. The Morgan fingerprint density at radius 2 is 1.77 bits per heavy atom. The fourth-order valence-electron chi connectivity index (χ4n) is 8.23. The number of carbonyl (C=O) groups is 5. The molecule has 7 rings (SSSR count). The molecule has 3 aliphatic rings. The molecule has 62 heavy (non-hydrogen) atoms. The fourth-order valence-corrected chi connectivity index (χ4v) is 8.23. The SMILES string of the molecule is COc1cc2nc(C)nc(N[C@H](C)c3cc(N)cc(C(F)(F)F)c3)c2cc1O[C@H]1CCN(C(=O)CCCCCCC(=O)Nc2cccc3c2C(=O)N(C2CCC(=O)NC2=O)C3)C1. The van der Waals surface area contributed by atoms with Gasteiger partial charge in [0.1, 0.15) is 23.8 Å². The number of piperidine rings is 1. The Morgan fingerprint density at radius 1 is 1.00 bits per heavy atom. The summed E-state index contributed by atoms with van der Waals surface area (Å²) in [5.41, 5.74) is 7.31. The van der Waals surface area contributed by atoms with E-state index in [0.29, 0.717) is 95.2 Å². The first-order valence-corrected chi connectivity index (χ1v) is 20.7. The average molecular weight is 859 g/mol. The van der Waals surface area contributed by atoms with Gasteiger partial charge in [-0.2, -0.15) is 13.2 Å². The second kappa shape index (κ2) is 18.3. The van der Waals surface area contributed by atoms with Crippen LogP contribution in [0.2, 0.25) is 0 Å². The summed E-state index contributed by atoms with van der Waals surface area (Å²) < 4.78 is 52.6. The van der Waals surface area contributed by atoms with Crippen LogP contribution in [0.4, 0.5) is 30.4 Å². The molecule has 3 aliphatic heterocycles. The first-order chi connectivity index (χ1) is 29.6. The van der Waals surface area contributed by atoms with E-state index < -0.39 is 29.7 Å². The van der Waals surface area contributed by atoms with Crippen LogP contribution in [0.1, 0.15) is 104 Å². The predicted octanol–water partition coefficient (Wildman–Crippen LogP) is 6.44. The number of likely N-dealkylation sites (tertiary alicyclic amines) is 1. The van der Waals surface area contributed by atoms with Crippen molar-refractivity contribution in [2.24, 2.45) is 0 Å². The van der Waals surface area contributed by atoms with E-state index in [1.807, 2.05) is 0 Å². The fraction of sp³-hybridized carbons (Fsp3) is 0.432. The van der Waals surface area contributed by atoms with Crippen LogP contribution in [0.5, 0.6) is 11.5 Å². The Morgan fingerprint density at radius 3 is 2.52 bits per heavy atom. The molecule has 15 nitrogen and oxygen atoms in total. The number of nitrogen functional groups attached to an aromatic ring is 1. The highest BCUT2D eigenvalue weighted by Gasteiger charge is 2.40. The summed E-state index contributed by atoms with van der Waals surface area (Å²) in [5, 5.41) is 8.94. The van der Waals surface area contributed by atoms with E-state index in [4.69, 9.17) is 15.2 Å². The zero-order valence-corrected chi connectivity index (χ0v) is 34.7. The number of nitrogens with zero attached hydrogens (tertiary/aromatic N) is 4. The van der Waals surface area contributed by atoms with Gasteiger partial charge in [0.25, 0.3) is 5.91 Å². The Bertz CT molecular complexity index is 2410. The van der Waals surface area contributed by atoms with E-state index >= 15 is 0 Å². The maximum Gasteiger partial charge on any atom is 0.416 e. The van der Waals surface area contributed by atoms with Gasteiger partial charge in [-0.1, -0.05) is 25.0 Å². The van der Waals surface area contributed by atoms with Crippen molar-refractivity contribution in [3.63, 3.8) is 0 Å². The highest BCUT2D eigenvalue weighted by molar-refractivity contribution is 6.09. The van der Waals surface area contributed by atoms with Gasteiger partial charge in [0.15, 0.2) is 11.5 Å². The first-order valence-electron chi connectivity index (χ1n) is 20.7. The lowest BCUT2D eigenvalue weighted by atomic mass is 10.0. The van der Waals surface area contributed by atoms with Gasteiger partial charge in [0.05, 0.1) is 42.0 Å². The maximum absolute atomic E-state index is 13.5. The Labute approximate surface area is 355 Å². The van der Waals surface area contributed by atoms with E-state index in [-0.39, 0.29) is 61.2 Å². The summed E-state index contributed by atoms with van der Waals surface area (Å²) in [6.45, 7) is 4.54. The molecular formula is C44H49F3N8O7. The molecule has 2 fully saturated rings. The zero-order valence-electron chi connectivity index (χ0n) is 34.7. The third-order valence-electron chi connectivity index (χ3n) is 11.4. The van der Waals surface area contributed by atoms with Gasteiger partial charge in [-0.3, -0.25) is 29.3 Å². The Hall–Kier alpha value is -6.46. The number of halogens is 3. The Balaban J connectivity index is 0.875. The number of hydrogen-bond acceptors (Lipinski definition) is 11. The number of nitrogens with one attached hydrogen (secondary N) is 3. The molecule has 328 valence electrons. The van der Waals surface area contributed by atoms with Gasteiger partial charge in [-0.15, -0.1) is 0 Å². The number of nitrogens with two attached hydrogens (primary N) is 1. The van der Waals surface area contributed by atoms with Crippen LogP contribution in [0.15, 0.2) is 48.5 Å². The van der Waals surface area contributed by atoms with Crippen LogP contribution in [0.25, 0.3) is 10.9 Å². The number of rotatable bonds is 15. The molecule has 4 aromatic rings. The lowest BCUT2D eigenvalue weighted by Crippen LogP contribution is -2.52. The summed E-state index contributed by atoms with van der Waals surface area (Å²) >= 11 is 0. The van der Waals surface area contributed by atoms with Crippen LogP contribution in [-0.4, -0.2) is 81.6 Å². The minimum Gasteiger partial charge on any atom is -0.493 e. The number of benzene rings is 3. The quantitative estimate of drug-likeness (QED) is 0.0583. The van der Waals surface area contributed by atoms with E-state index in [2.05, 4.69) is 25.9 Å². The van der Waals surface area contributed by atoms with Gasteiger partial charge >= 0.3 is 6.18 Å². The summed E-state index contributed by atoms with van der Waals surface area (Å²) in [7, 11) is 1.51. The number of fused-ring (bicyclic) bond motifs is 2. The van der Waals surface area contributed by atoms with Crippen LogP contribution in [0, 0.1) is 6.92 Å². The van der Waals surface area contributed by atoms with Crippen LogP contribution in [-0.2, 0) is 31.9 Å². The van der Waals surface area contributed by atoms with Gasteiger partial charge in [0, 0.05) is 55.9 Å². The number of anilines is 3. The van der Waals surface area contributed by atoms with E-state index in [9.17, 15) is 37.1 Å². The van der Waals surface area contributed by atoms with Crippen LogP contribution >= 0.6 is 0 Å². The number of aryl methyl sites for hydroxylation is 1. The summed E-state index contributed by atoms with van der Waals surface area (Å²) in [6, 6.07) is 10.7. The van der Waals surface area contributed by atoms with E-state index in [0.717, 1.165) is 25.0 Å². The number of imide groups is 1. The molecule has 5 N–H and O–H groups in total. The highest BCUT2D eigenvalue weighted by Crippen LogP contribution is 2.38. The van der Waals surface area contributed by atoms with Crippen molar-refractivity contribution in [2.75, 3.05) is 36.6 Å². The van der Waals surface area contributed by atoms with Crippen molar-refractivity contribution in [1.82, 2.24) is 25.1 Å². The molecule has 0 saturated carbocycles. The van der Waals surface area contributed by atoms with Gasteiger partial charge in [-0.05, 0) is 74.6 Å². The molecular weight excluding hydrogens is 810 g/mol. The molecule has 1 unspecified atom stereocenters. The highest BCUT2D eigenvalue weighted by atomic mass is 19.4. The lowest BCUT2D eigenvalue weighted by molar-refractivity contribution is -0.138.